The first-order valence-electron chi connectivity index (χ1n) is 4.99. The molecule has 78 valence electrons. The van der Waals surface area contributed by atoms with Gasteiger partial charge in [0.2, 0.25) is 0 Å². The van der Waals surface area contributed by atoms with Gasteiger partial charge in [-0.1, -0.05) is 26.0 Å². The molecule has 0 aromatic heterocycles. The Labute approximate surface area is 85.3 Å². The van der Waals surface area contributed by atoms with Crippen LogP contribution in [0.5, 0.6) is 0 Å². The Kier molecular flexibility index (Phi) is 3.64. The van der Waals surface area contributed by atoms with E-state index in [1.807, 2.05) is 12.1 Å². The van der Waals surface area contributed by atoms with Crippen molar-refractivity contribution >= 4 is 0 Å². The van der Waals surface area contributed by atoms with Crippen LogP contribution in [0.1, 0.15) is 30.5 Å². The molecule has 1 nitrogen and oxygen atoms in total. The lowest BCUT2D eigenvalue weighted by atomic mass is 10.1. The van der Waals surface area contributed by atoms with Crippen LogP contribution >= 0.6 is 0 Å². The molecule has 0 radical (unpaired) electrons. The highest BCUT2D eigenvalue weighted by Gasteiger charge is 2.04. The summed E-state index contributed by atoms with van der Waals surface area (Å²) >= 11 is 0. The molecule has 1 rings (SSSR count). The number of hydrogen-bond acceptors (Lipinski definition) is 1. The van der Waals surface area contributed by atoms with Crippen molar-refractivity contribution in [2.45, 2.75) is 40.3 Å². The van der Waals surface area contributed by atoms with E-state index >= 15 is 0 Å². The van der Waals surface area contributed by atoms with Crippen molar-refractivity contribution in [2.24, 2.45) is 0 Å². The van der Waals surface area contributed by atoms with E-state index in [0.717, 1.165) is 23.2 Å². The maximum Gasteiger partial charge on any atom is 0.129 e. The SMILES string of the molecule is Cc1cc(CNC(C)C)cc(C)c1F. The van der Waals surface area contributed by atoms with E-state index in [0.29, 0.717) is 6.04 Å². The first kappa shape index (κ1) is 11.2. The van der Waals surface area contributed by atoms with Gasteiger partial charge in [-0.15, -0.1) is 0 Å². The minimum atomic E-state index is -0.0849. The zero-order valence-electron chi connectivity index (χ0n) is 9.32. The van der Waals surface area contributed by atoms with E-state index in [1.54, 1.807) is 13.8 Å². The van der Waals surface area contributed by atoms with Gasteiger partial charge in [0.1, 0.15) is 5.82 Å². The summed E-state index contributed by atoms with van der Waals surface area (Å²) in [6, 6.07) is 4.26. The van der Waals surface area contributed by atoms with Gasteiger partial charge in [0, 0.05) is 12.6 Å². The summed E-state index contributed by atoms with van der Waals surface area (Å²) in [5, 5.41) is 3.31. The zero-order valence-corrected chi connectivity index (χ0v) is 9.32. The third-order valence-electron chi connectivity index (χ3n) is 2.21. The van der Waals surface area contributed by atoms with Crippen molar-refractivity contribution in [3.63, 3.8) is 0 Å². The molecule has 0 aliphatic carbocycles. The van der Waals surface area contributed by atoms with Crippen LogP contribution < -0.4 is 5.32 Å². The summed E-state index contributed by atoms with van der Waals surface area (Å²) in [6.07, 6.45) is 0. The lowest BCUT2D eigenvalue weighted by Gasteiger charge is -2.10. The van der Waals surface area contributed by atoms with Crippen LogP contribution in [0.15, 0.2) is 12.1 Å². The molecule has 0 saturated heterocycles. The number of rotatable bonds is 3. The molecule has 0 saturated carbocycles. The molecule has 0 bridgehead atoms. The topological polar surface area (TPSA) is 12.0 Å². The van der Waals surface area contributed by atoms with Gasteiger partial charge in [-0.3, -0.25) is 0 Å². The maximum atomic E-state index is 13.3. The van der Waals surface area contributed by atoms with Gasteiger partial charge in [0.25, 0.3) is 0 Å². The van der Waals surface area contributed by atoms with Crippen molar-refractivity contribution in [3.8, 4) is 0 Å². The summed E-state index contributed by atoms with van der Waals surface area (Å²) in [5.41, 5.74) is 2.60. The van der Waals surface area contributed by atoms with E-state index in [4.69, 9.17) is 0 Å². The third kappa shape index (κ3) is 2.81. The van der Waals surface area contributed by atoms with Crippen LogP contribution in [0.4, 0.5) is 4.39 Å². The van der Waals surface area contributed by atoms with Crippen molar-refractivity contribution in [1.82, 2.24) is 5.32 Å². The van der Waals surface area contributed by atoms with Crippen LogP contribution in [-0.4, -0.2) is 6.04 Å². The highest BCUT2D eigenvalue weighted by molar-refractivity contribution is 5.30. The smallest absolute Gasteiger partial charge is 0.129 e. The zero-order chi connectivity index (χ0) is 10.7. The van der Waals surface area contributed by atoms with Crippen LogP contribution in [0.2, 0.25) is 0 Å². The summed E-state index contributed by atoms with van der Waals surface area (Å²) in [5.74, 6) is -0.0849. The maximum absolute atomic E-state index is 13.3. The molecule has 1 aromatic carbocycles. The molecule has 0 aliphatic heterocycles. The molecule has 2 heteroatoms. The third-order valence-corrected chi connectivity index (χ3v) is 2.21. The second-order valence-electron chi connectivity index (χ2n) is 4.08. The van der Waals surface area contributed by atoms with Crippen LogP contribution in [0, 0.1) is 19.7 Å². The second kappa shape index (κ2) is 4.56. The molecule has 0 heterocycles. The van der Waals surface area contributed by atoms with E-state index < -0.39 is 0 Å². The average Bonchev–Trinajstić information content (AvgIpc) is 2.10. The van der Waals surface area contributed by atoms with Crippen molar-refractivity contribution in [2.75, 3.05) is 0 Å². The normalized spacial score (nSPS) is 11.0. The molecule has 0 unspecified atom stereocenters. The van der Waals surface area contributed by atoms with Gasteiger partial charge in [-0.05, 0) is 30.5 Å². The molecule has 1 aromatic rings. The number of nitrogens with one attached hydrogen (secondary N) is 1. The minimum Gasteiger partial charge on any atom is -0.310 e. The van der Waals surface area contributed by atoms with Crippen molar-refractivity contribution in [1.29, 1.82) is 0 Å². The quantitative estimate of drug-likeness (QED) is 0.782. The highest BCUT2D eigenvalue weighted by atomic mass is 19.1. The van der Waals surface area contributed by atoms with Crippen molar-refractivity contribution < 1.29 is 4.39 Å². The van der Waals surface area contributed by atoms with E-state index in [-0.39, 0.29) is 5.82 Å². The van der Waals surface area contributed by atoms with Gasteiger partial charge in [-0.25, -0.2) is 4.39 Å². The molecule has 0 amide bonds. The fourth-order valence-electron chi connectivity index (χ4n) is 1.46. The van der Waals surface area contributed by atoms with E-state index in [2.05, 4.69) is 19.2 Å². The van der Waals surface area contributed by atoms with Crippen molar-refractivity contribution in [3.05, 3.63) is 34.6 Å². The molecular weight excluding hydrogens is 177 g/mol. The Balaban J connectivity index is 2.79. The monoisotopic (exact) mass is 195 g/mol. The molecule has 14 heavy (non-hydrogen) atoms. The highest BCUT2D eigenvalue weighted by Crippen LogP contribution is 2.14. The van der Waals surface area contributed by atoms with E-state index in [9.17, 15) is 4.39 Å². The van der Waals surface area contributed by atoms with Gasteiger partial charge in [-0.2, -0.15) is 0 Å². The molecular formula is C12H18FN. The van der Waals surface area contributed by atoms with Crippen LogP contribution in [0.3, 0.4) is 0 Å². The fourth-order valence-corrected chi connectivity index (χ4v) is 1.46. The van der Waals surface area contributed by atoms with Gasteiger partial charge in [0.05, 0.1) is 0 Å². The van der Waals surface area contributed by atoms with Gasteiger partial charge < -0.3 is 5.32 Å². The average molecular weight is 195 g/mol. The first-order valence-corrected chi connectivity index (χ1v) is 4.99. The molecule has 1 N–H and O–H groups in total. The predicted octanol–water partition coefficient (Wildman–Crippen LogP) is 2.94. The molecule has 0 atom stereocenters. The van der Waals surface area contributed by atoms with Gasteiger partial charge >= 0.3 is 0 Å². The standard InChI is InChI=1S/C12H18FN/c1-8(2)14-7-11-5-9(3)12(13)10(4)6-11/h5-6,8,14H,7H2,1-4H3. The fraction of sp³-hybridized carbons (Fsp3) is 0.500. The van der Waals surface area contributed by atoms with Gasteiger partial charge in [0.15, 0.2) is 0 Å². The number of aryl methyl sites for hydroxylation is 2. The molecule has 0 fully saturated rings. The van der Waals surface area contributed by atoms with Crippen LogP contribution in [0.25, 0.3) is 0 Å². The number of benzene rings is 1. The van der Waals surface area contributed by atoms with E-state index in [1.165, 1.54) is 0 Å². The Morgan fingerprint density at radius 1 is 1.21 bits per heavy atom. The largest absolute Gasteiger partial charge is 0.310 e. The Bertz CT molecular complexity index is 295. The Morgan fingerprint density at radius 3 is 2.14 bits per heavy atom. The number of hydrogen-bond donors (Lipinski definition) is 1. The minimum absolute atomic E-state index is 0.0849. The molecule has 0 aliphatic rings. The predicted molar refractivity (Wildman–Crippen MR) is 57.8 cm³/mol. The Morgan fingerprint density at radius 2 is 1.71 bits per heavy atom. The summed E-state index contributed by atoms with van der Waals surface area (Å²) < 4.78 is 13.3. The van der Waals surface area contributed by atoms with Crippen LogP contribution in [-0.2, 0) is 6.54 Å². The Hall–Kier alpha value is -0.890. The second-order valence-corrected chi connectivity index (χ2v) is 4.08. The first-order chi connectivity index (χ1) is 6.50. The summed E-state index contributed by atoms with van der Waals surface area (Å²) in [7, 11) is 0. The summed E-state index contributed by atoms with van der Waals surface area (Å²) in [4.78, 5) is 0. The lowest BCUT2D eigenvalue weighted by molar-refractivity contribution is 0.582. The lowest BCUT2D eigenvalue weighted by Crippen LogP contribution is -2.21. The summed E-state index contributed by atoms with van der Waals surface area (Å²) in [6.45, 7) is 8.62. The molecule has 0 spiro atoms. The number of halogens is 1.